The molecule has 0 saturated heterocycles. The van der Waals surface area contributed by atoms with Crippen molar-refractivity contribution >= 4 is 17.8 Å². The number of carboxylic acids is 1. The van der Waals surface area contributed by atoms with Crippen molar-refractivity contribution in [1.82, 2.24) is 10.6 Å². The van der Waals surface area contributed by atoms with Crippen LogP contribution < -0.4 is 22.1 Å². The zero-order chi connectivity index (χ0) is 18.8. The number of aliphatic carboxylic acids is 1. The van der Waals surface area contributed by atoms with E-state index >= 15 is 0 Å². The molecule has 1 rings (SSSR count). The van der Waals surface area contributed by atoms with E-state index in [1.54, 1.807) is 0 Å². The maximum absolute atomic E-state index is 12.1. The number of benzene rings is 1. The number of amides is 1. The van der Waals surface area contributed by atoms with E-state index in [0.29, 0.717) is 13.0 Å². The third kappa shape index (κ3) is 7.64. The van der Waals surface area contributed by atoms with Gasteiger partial charge in [-0.1, -0.05) is 30.3 Å². The fourth-order valence-electron chi connectivity index (χ4n) is 2.24. The smallest absolute Gasteiger partial charge is 0.326 e. The first-order valence-electron chi connectivity index (χ1n) is 7.90. The minimum absolute atomic E-state index is 0.127. The average Bonchev–Trinajstić information content (AvgIpc) is 2.57. The van der Waals surface area contributed by atoms with Crippen molar-refractivity contribution in [2.75, 3.05) is 6.54 Å². The summed E-state index contributed by atoms with van der Waals surface area (Å²) < 4.78 is 0. The minimum atomic E-state index is -1.52. The van der Waals surface area contributed by atoms with Gasteiger partial charge in [0.05, 0.1) is 0 Å². The normalized spacial score (nSPS) is 14.2. The molecular formula is C16H25N5O4. The summed E-state index contributed by atoms with van der Waals surface area (Å²) in [5, 5.41) is 31.1. The minimum Gasteiger partial charge on any atom is -0.480 e. The second-order valence-electron chi connectivity index (χ2n) is 5.68. The summed E-state index contributed by atoms with van der Waals surface area (Å²) in [4.78, 5) is 23.3. The lowest BCUT2D eigenvalue weighted by atomic mass is 10.0. The Morgan fingerprint density at radius 2 is 1.88 bits per heavy atom. The van der Waals surface area contributed by atoms with Gasteiger partial charge in [0.1, 0.15) is 12.1 Å². The molecule has 138 valence electrons. The van der Waals surface area contributed by atoms with Crippen LogP contribution in [-0.2, 0) is 16.0 Å². The van der Waals surface area contributed by atoms with Gasteiger partial charge in [-0.25, -0.2) is 4.79 Å². The molecule has 3 atom stereocenters. The molecule has 0 heterocycles. The molecule has 0 fully saturated rings. The van der Waals surface area contributed by atoms with Crippen molar-refractivity contribution in [2.45, 2.75) is 37.5 Å². The van der Waals surface area contributed by atoms with E-state index in [4.69, 9.17) is 16.9 Å². The summed E-state index contributed by atoms with van der Waals surface area (Å²) in [5.41, 5.74) is 11.8. The number of guanidine groups is 1. The van der Waals surface area contributed by atoms with Gasteiger partial charge >= 0.3 is 5.97 Å². The highest BCUT2D eigenvalue weighted by atomic mass is 16.4. The monoisotopic (exact) mass is 351 g/mol. The lowest BCUT2D eigenvalue weighted by Gasteiger charge is -2.21. The van der Waals surface area contributed by atoms with Crippen molar-refractivity contribution < 1.29 is 19.8 Å². The maximum Gasteiger partial charge on any atom is 0.326 e. The molecule has 25 heavy (non-hydrogen) atoms. The van der Waals surface area contributed by atoms with Crippen LogP contribution >= 0.6 is 0 Å². The molecule has 0 aliphatic heterocycles. The summed E-state index contributed by atoms with van der Waals surface area (Å²) in [6.45, 7) is 0.311. The quantitative estimate of drug-likeness (QED) is 0.156. The zero-order valence-corrected chi connectivity index (χ0v) is 13.8. The van der Waals surface area contributed by atoms with Crippen LogP contribution in [0.5, 0.6) is 0 Å². The number of carbonyl (C=O) groups excluding carboxylic acids is 1. The molecule has 1 aromatic rings. The van der Waals surface area contributed by atoms with Crippen LogP contribution in [0.3, 0.4) is 0 Å². The van der Waals surface area contributed by atoms with E-state index in [0.717, 1.165) is 5.56 Å². The average molecular weight is 351 g/mol. The maximum atomic E-state index is 12.1. The van der Waals surface area contributed by atoms with E-state index < -0.39 is 30.1 Å². The van der Waals surface area contributed by atoms with Gasteiger partial charge in [-0.2, -0.15) is 0 Å². The fraction of sp³-hybridized carbons (Fsp3) is 0.438. The molecular weight excluding hydrogens is 326 g/mol. The summed E-state index contributed by atoms with van der Waals surface area (Å²) in [7, 11) is 0. The Morgan fingerprint density at radius 1 is 1.24 bits per heavy atom. The van der Waals surface area contributed by atoms with Crippen molar-refractivity contribution in [1.29, 1.82) is 5.41 Å². The third-order valence-electron chi connectivity index (χ3n) is 3.59. The van der Waals surface area contributed by atoms with Crippen LogP contribution in [0.1, 0.15) is 18.4 Å². The van der Waals surface area contributed by atoms with Gasteiger partial charge in [0.25, 0.3) is 5.91 Å². The predicted molar refractivity (Wildman–Crippen MR) is 92.8 cm³/mol. The van der Waals surface area contributed by atoms with Gasteiger partial charge < -0.3 is 32.3 Å². The molecule has 9 heteroatoms. The summed E-state index contributed by atoms with van der Waals surface area (Å²) in [6.07, 6.45) is -0.724. The molecule has 0 radical (unpaired) electrons. The topological polar surface area (TPSA) is 175 Å². The molecule has 0 saturated carbocycles. The zero-order valence-electron chi connectivity index (χ0n) is 13.8. The number of carbonyl (C=O) groups is 2. The number of aliphatic hydroxyl groups excluding tert-OH is 1. The van der Waals surface area contributed by atoms with Crippen molar-refractivity contribution in [3.63, 3.8) is 0 Å². The predicted octanol–water partition coefficient (Wildman–Crippen LogP) is -1.25. The Hall–Kier alpha value is -2.65. The number of aliphatic hydroxyl groups is 1. The highest BCUT2D eigenvalue weighted by molar-refractivity contribution is 5.86. The fourth-order valence-corrected chi connectivity index (χ4v) is 2.24. The van der Waals surface area contributed by atoms with Crippen LogP contribution in [-0.4, -0.2) is 52.8 Å². The van der Waals surface area contributed by atoms with Crippen molar-refractivity contribution in [2.24, 2.45) is 11.5 Å². The van der Waals surface area contributed by atoms with Crippen molar-refractivity contribution in [3.8, 4) is 0 Å². The molecule has 0 aliphatic carbocycles. The Morgan fingerprint density at radius 3 is 2.44 bits per heavy atom. The lowest BCUT2D eigenvalue weighted by Crippen LogP contribution is -2.52. The van der Waals surface area contributed by atoms with Crippen molar-refractivity contribution in [3.05, 3.63) is 35.9 Å². The van der Waals surface area contributed by atoms with E-state index in [-0.39, 0.29) is 18.8 Å². The Balaban J connectivity index is 2.51. The highest BCUT2D eigenvalue weighted by Crippen LogP contribution is 2.06. The summed E-state index contributed by atoms with van der Waals surface area (Å²) in [5.74, 6) is -2.24. The largest absolute Gasteiger partial charge is 0.480 e. The standard InChI is InChI=1S/C16H25N5O4/c17-11(9-10-5-2-1-3-6-10)13(22)14(23)21-12(15(24)25)7-4-8-20-16(18)19/h1-3,5-6,11-13,22H,4,7-9,17H2,(H,21,23)(H,24,25)(H4,18,19,20)/t11?,12-,13?/m0/s1. The highest BCUT2D eigenvalue weighted by Gasteiger charge is 2.27. The van der Waals surface area contributed by atoms with E-state index in [2.05, 4.69) is 10.6 Å². The second-order valence-corrected chi connectivity index (χ2v) is 5.68. The molecule has 9 nitrogen and oxygen atoms in total. The molecule has 2 unspecified atom stereocenters. The Labute approximate surface area is 145 Å². The number of rotatable bonds is 10. The van der Waals surface area contributed by atoms with E-state index in [9.17, 15) is 19.8 Å². The number of nitrogens with two attached hydrogens (primary N) is 2. The van der Waals surface area contributed by atoms with Gasteiger partial charge in [-0.05, 0) is 24.8 Å². The number of carboxylic acid groups (broad SMARTS) is 1. The van der Waals surface area contributed by atoms with Crippen LogP contribution in [0, 0.1) is 5.41 Å². The van der Waals surface area contributed by atoms with E-state index in [1.807, 2.05) is 30.3 Å². The molecule has 1 aromatic carbocycles. The summed E-state index contributed by atoms with van der Waals surface area (Å²) >= 11 is 0. The first-order chi connectivity index (χ1) is 11.8. The van der Waals surface area contributed by atoms with E-state index in [1.165, 1.54) is 0 Å². The summed E-state index contributed by atoms with van der Waals surface area (Å²) in [6, 6.07) is 7.14. The molecule has 0 aromatic heterocycles. The number of nitrogens with one attached hydrogen (secondary N) is 3. The molecule has 0 bridgehead atoms. The van der Waals surface area contributed by atoms with Gasteiger partial charge in [-0.3, -0.25) is 10.2 Å². The molecule has 0 aliphatic rings. The van der Waals surface area contributed by atoms with Gasteiger partial charge in [0.2, 0.25) is 0 Å². The SMILES string of the molecule is N=C(N)NCCC[C@H](NC(=O)C(O)C(N)Cc1ccccc1)C(=O)O. The lowest BCUT2D eigenvalue weighted by molar-refractivity contribution is -0.143. The van der Waals surface area contributed by atoms with Crippen LogP contribution in [0.2, 0.25) is 0 Å². The first kappa shape index (κ1) is 20.4. The Bertz CT molecular complexity index is 581. The van der Waals surface area contributed by atoms with Crippen LogP contribution in [0.15, 0.2) is 30.3 Å². The van der Waals surface area contributed by atoms with Gasteiger partial charge in [-0.15, -0.1) is 0 Å². The Kier molecular flexibility index (Phi) is 8.37. The molecule has 0 spiro atoms. The van der Waals surface area contributed by atoms with Gasteiger partial charge in [0.15, 0.2) is 5.96 Å². The molecule has 9 N–H and O–H groups in total. The van der Waals surface area contributed by atoms with Gasteiger partial charge in [0, 0.05) is 12.6 Å². The first-order valence-corrected chi connectivity index (χ1v) is 7.90. The molecule has 1 amide bonds. The second kappa shape index (κ2) is 10.3. The van der Waals surface area contributed by atoms with Crippen LogP contribution in [0.4, 0.5) is 0 Å². The number of hydrogen-bond acceptors (Lipinski definition) is 5. The van der Waals surface area contributed by atoms with Crippen LogP contribution in [0.25, 0.3) is 0 Å². The third-order valence-corrected chi connectivity index (χ3v) is 3.59. The number of hydrogen-bond donors (Lipinski definition) is 7.